The average Bonchev–Trinajstić information content (AvgIpc) is 2.43. The van der Waals surface area contributed by atoms with Crippen molar-refractivity contribution in [2.45, 2.75) is 38.4 Å². The van der Waals surface area contributed by atoms with E-state index in [0.717, 1.165) is 12.1 Å². The fraction of sp³-hybridized carbons (Fsp3) is 0.583. The molecule has 0 aliphatic rings. The third kappa shape index (κ3) is 3.73. The molecule has 0 aliphatic carbocycles. The zero-order valence-corrected chi connectivity index (χ0v) is 11.4. The Hall–Kier alpha value is -1.54. The Morgan fingerprint density at radius 1 is 1.20 bits per heavy atom. The second-order valence-electron chi connectivity index (χ2n) is 4.54. The number of alkyl halides is 3. The van der Waals surface area contributed by atoms with E-state index in [-0.39, 0.29) is 18.2 Å². The minimum absolute atomic E-state index is 0.0190. The van der Waals surface area contributed by atoms with Gasteiger partial charge in [0.1, 0.15) is 11.6 Å². The number of nitrogen functional groups attached to an aromatic ring is 1. The first-order chi connectivity index (χ1) is 9.30. The molecule has 0 saturated carbocycles. The van der Waals surface area contributed by atoms with Crippen molar-refractivity contribution in [3.63, 3.8) is 0 Å². The van der Waals surface area contributed by atoms with Crippen molar-refractivity contribution in [2.24, 2.45) is 5.84 Å². The van der Waals surface area contributed by atoms with Crippen LogP contribution < -0.4 is 16.6 Å². The number of hydrazine groups is 1. The van der Waals surface area contributed by atoms with Gasteiger partial charge in [0.15, 0.2) is 0 Å². The lowest BCUT2D eigenvalue weighted by molar-refractivity contribution is -0.137. The Bertz CT molecular complexity index is 439. The maximum absolute atomic E-state index is 12.8. The second kappa shape index (κ2) is 6.27. The van der Waals surface area contributed by atoms with Crippen LogP contribution in [0.1, 0.15) is 32.3 Å². The van der Waals surface area contributed by atoms with Gasteiger partial charge in [0.25, 0.3) is 0 Å². The highest BCUT2D eigenvalue weighted by Gasteiger charge is 2.33. The molecule has 0 saturated heterocycles. The average molecular weight is 292 g/mol. The number of aliphatic hydroxyl groups is 1. The summed E-state index contributed by atoms with van der Waals surface area (Å²) in [6, 6.07) is 1.72. The molecule has 5 nitrogen and oxygen atoms in total. The summed E-state index contributed by atoms with van der Waals surface area (Å²) in [6.45, 7) is 3.47. The van der Waals surface area contributed by atoms with Gasteiger partial charge in [-0.2, -0.15) is 13.2 Å². The van der Waals surface area contributed by atoms with Crippen LogP contribution in [0.4, 0.5) is 24.8 Å². The Balaban J connectivity index is 3.18. The number of halogens is 3. The van der Waals surface area contributed by atoms with E-state index in [1.54, 1.807) is 0 Å². The fourth-order valence-electron chi connectivity index (χ4n) is 1.79. The molecule has 0 atom stereocenters. The molecule has 0 aromatic carbocycles. The summed E-state index contributed by atoms with van der Waals surface area (Å²) in [5.74, 6) is 5.06. The van der Waals surface area contributed by atoms with Crippen molar-refractivity contribution < 1.29 is 18.3 Å². The van der Waals surface area contributed by atoms with Crippen molar-refractivity contribution in [3.05, 3.63) is 17.7 Å². The highest BCUT2D eigenvalue weighted by molar-refractivity contribution is 5.50. The Kier molecular flexibility index (Phi) is 5.18. The van der Waals surface area contributed by atoms with Crippen LogP contribution in [0.2, 0.25) is 0 Å². The highest BCUT2D eigenvalue weighted by atomic mass is 19.4. The first-order valence-corrected chi connectivity index (χ1v) is 6.25. The second-order valence-corrected chi connectivity index (χ2v) is 4.54. The van der Waals surface area contributed by atoms with Gasteiger partial charge in [-0.15, -0.1) is 0 Å². The number of aliphatic hydroxyl groups excluding tert-OH is 1. The Morgan fingerprint density at radius 3 is 2.15 bits per heavy atom. The van der Waals surface area contributed by atoms with Crippen LogP contribution >= 0.6 is 0 Å². The molecular weight excluding hydrogens is 273 g/mol. The minimum atomic E-state index is -4.49. The lowest BCUT2D eigenvalue weighted by atomic mass is 9.94. The molecule has 1 aromatic rings. The third-order valence-electron chi connectivity index (χ3n) is 3.35. The summed E-state index contributed by atoms with van der Waals surface area (Å²) in [4.78, 5) is 3.94. The van der Waals surface area contributed by atoms with E-state index in [0.29, 0.717) is 12.8 Å². The molecule has 0 aliphatic heterocycles. The monoisotopic (exact) mass is 292 g/mol. The number of hydrogen-bond donors (Lipinski definition) is 4. The summed E-state index contributed by atoms with van der Waals surface area (Å²) in [5.41, 5.74) is 0.542. The topological polar surface area (TPSA) is 83.2 Å². The number of nitrogens with one attached hydrogen (secondary N) is 2. The van der Waals surface area contributed by atoms with Gasteiger partial charge >= 0.3 is 6.18 Å². The summed E-state index contributed by atoms with van der Waals surface area (Å²) in [6.07, 6.45) is -3.40. The molecule has 0 bridgehead atoms. The molecule has 8 heteroatoms. The molecule has 0 spiro atoms. The molecule has 0 fully saturated rings. The van der Waals surface area contributed by atoms with Gasteiger partial charge in [0, 0.05) is 0 Å². The van der Waals surface area contributed by atoms with Gasteiger partial charge in [-0.3, -0.25) is 0 Å². The number of anilines is 2. The van der Waals surface area contributed by atoms with Crippen LogP contribution in [-0.2, 0) is 6.18 Å². The van der Waals surface area contributed by atoms with E-state index in [1.165, 1.54) is 0 Å². The molecule has 20 heavy (non-hydrogen) atoms. The lowest BCUT2D eigenvalue weighted by Gasteiger charge is -2.31. The van der Waals surface area contributed by atoms with Crippen molar-refractivity contribution in [2.75, 3.05) is 17.3 Å². The molecule has 0 amide bonds. The molecule has 0 unspecified atom stereocenters. The largest absolute Gasteiger partial charge is 0.416 e. The zero-order valence-electron chi connectivity index (χ0n) is 11.4. The quantitative estimate of drug-likeness (QED) is 0.478. The number of rotatable bonds is 6. The normalized spacial score (nSPS) is 12.3. The predicted octanol–water partition coefficient (Wildman–Crippen LogP) is 2.35. The SMILES string of the molecule is CCC(CC)(CO)Nc1cc(C(F)(F)F)cc(NN)n1. The van der Waals surface area contributed by atoms with Crippen LogP contribution in [0, 0.1) is 0 Å². The molecular formula is C12H19F3N4O. The summed E-state index contributed by atoms with van der Waals surface area (Å²) in [7, 11) is 0. The minimum Gasteiger partial charge on any atom is -0.394 e. The molecule has 5 N–H and O–H groups in total. The van der Waals surface area contributed by atoms with Crippen LogP contribution in [-0.4, -0.2) is 22.2 Å². The van der Waals surface area contributed by atoms with Crippen LogP contribution in [0.15, 0.2) is 12.1 Å². The molecule has 114 valence electrons. The fourth-order valence-corrected chi connectivity index (χ4v) is 1.79. The lowest BCUT2D eigenvalue weighted by Crippen LogP contribution is -2.41. The maximum atomic E-state index is 12.8. The Labute approximate surface area is 115 Å². The van der Waals surface area contributed by atoms with E-state index in [9.17, 15) is 18.3 Å². The van der Waals surface area contributed by atoms with E-state index in [4.69, 9.17) is 5.84 Å². The highest BCUT2D eigenvalue weighted by Crippen LogP contribution is 2.33. The van der Waals surface area contributed by atoms with Gasteiger partial charge in [0.2, 0.25) is 0 Å². The standard InChI is InChI=1S/C12H19F3N4O/c1-3-11(4-2,7-20)18-9-5-8(12(13,14)15)6-10(17-9)19-16/h5-6,20H,3-4,7,16H2,1-2H3,(H2,17,18,19). The number of hydrogen-bond acceptors (Lipinski definition) is 5. The van der Waals surface area contributed by atoms with Gasteiger partial charge in [-0.1, -0.05) is 13.8 Å². The summed E-state index contributed by atoms with van der Waals surface area (Å²) in [5, 5.41) is 12.3. The number of aromatic nitrogens is 1. The zero-order chi connectivity index (χ0) is 15.4. The van der Waals surface area contributed by atoms with Crippen molar-refractivity contribution >= 4 is 11.6 Å². The summed E-state index contributed by atoms with van der Waals surface area (Å²) < 4.78 is 38.4. The maximum Gasteiger partial charge on any atom is 0.416 e. The van der Waals surface area contributed by atoms with Crippen LogP contribution in [0.3, 0.4) is 0 Å². The first-order valence-electron chi connectivity index (χ1n) is 6.25. The van der Waals surface area contributed by atoms with Crippen molar-refractivity contribution in [1.29, 1.82) is 0 Å². The van der Waals surface area contributed by atoms with E-state index in [1.807, 2.05) is 13.8 Å². The first kappa shape index (κ1) is 16.5. The number of nitrogens with zero attached hydrogens (tertiary/aromatic N) is 1. The van der Waals surface area contributed by atoms with E-state index < -0.39 is 17.3 Å². The van der Waals surface area contributed by atoms with E-state index in [2.05, 4.69) is 15.7 Å². The molecule has 1 aromatic heterocycles. The smallest absolute Gasteiger partial charge is 0.394 e. The molecule has 1 heterocycles. The molecule has 0 radical (unpaired) electrons. The van der Waals surface area contributed by atoms with Crippen LogP contribution in [0.25, 0.3) is 0 Å². The van der Waals surface area contributed by atoms with Crippen molar-refractivity contribution in [3.8, 4) is 0 Å². The van der Waals surface area contributed by atoms with Crippen LogP contribution in [0.5, 0.6) is 0 Å². The number of pyridine rings is 1. The van der Waals surface area contributed by atoms with E-state index >= 15 is 0 Å². The number of nitrogens with two attached hydrogens (primary N) is 1. The van der Waals surface area contributed by atoms with Crippen molar-refractivity contribution in [1.82, 2.24) is 4.98 Å². The van der Waals surface area contributed by atoms with Gasteiger partial charge < -0.3 is 15.8 Å². The third-order valence-corrected chi connectivity index (χ3v) is 3.35. The van der Waals surface area contributed by atoms with Gasteiger partial charge in [-0.25, -0.2) is 10.8 Å². The van der Waals surface area contributed by atoms with Gasteiger partial charge in [0.05, 0.1) is 17.7 Å². The Morgan fingerprint density at radius 2 is 1.75 bits per heavy atom. The van der Waals surface area contributed by atoms with Gasteiger partial charge in [-0.05, 0) is 25.0 Å². The summed E-state index contributed by atoms with van der Waals surface area (Å²) >= 11 is 0. The predicted molar refractivity (Wildman–Crippen MR) is 71.1 cm³/mol. The molecule has 1 rings (SSSR count).